The fraction of sp³-hybridized carbons (Fsp3) is 0.583. The fourth-order valence-corrected chi connectivity index (χ4v) is 3.43. The molecule has 0 unspecified atom stereocenters. The molecule has 0 saturated heterocycles. The lowest BCUT2D eigenvalue weighted by Gasteiger charge is -2.27. The summed E-state index contributed by atoms with van der Waals surface area (Å²) in [6.45, 7) is 0.808. The van der Waals surface area contributed by atoms with Gasteiger partial charge in [-0.2, -0.15) is 11.8 Å². The first kappa shape index (κ1) is 13.6. The molecule has 18 heavy (non-hydrogen) atoms. The van der Waals surface area contributed by atoms with Crippen LogP contribution in [0.2, 0.25) is 5.15 Å². The maximum absolute atomic E-state index is 11.0. The minimum Gasteiger partial charge on any atom is -0.368 e. The van der Waals surface area contributed by atoms with E-state index in [9.17, 15) is 4.79 Å². The van der Waals surface area contributed by atoms with E-state index < -0.39 is 0 Å². The predicted octanol–water partition coefficient (Wildman–Crippen LogP) is 3.03. The number of thioether (sulfide) groups is 1. The molecule has 0 bridgehead atoms. The van der Waals surface area contributed by atoms with Crippen molar-refractivity contribution in [2.75, 3.05) is 18.1 Å². The van der Waals surface area contributed by atoms with Crippen LogP contribution in [0.15, 0.2) is 6.33 Å². The highest BCUT2D eigenvalue weighted by Gasteiger charge is 2.33. The number of nitrogens with one attached hydrogen (secondary N) is 1. The van der Waals surface area contributed by atoms with Crippen LogP contribution < -0.4 is 5.32 Å². The summed E-state index contributed by atoms with van der Waals surface area (Å²) in [5.41, 5.74) is 0.341. The summed E-state index contributed by atoms with van der Waals surface area (Å²) in [7, 11) is 0. The van der Waals surface area contributed by atoms with Gasteiger partial charge in [-0.05, 0) is 19.1 Å². The lowest BCUT2D eigenvalue weighted by Crippen LogP contribution is -2.30. The Labute approximate surface area is 116 Å². The third kappa shape index (κ3) is 2.78. The number of hydrogen-bond donors (Lipinski definition) is 1. The summed E-state index contributed by atoms with van der Waals surface area (Å²) in [5, 5.41) is 3.45. The topological polar surface area (TPSA) is 54.9 Å². The highest BCUT2D eigenvalue weighted by molar-refractivity contribution is 8.00. The van der Waals surface area contributed by atoms with Gasteiger partial charge in [0.05, 0.1) is 5.56 Å². The van der Waals surface area contributed by atoms with Gasteiger partial charge < -0.3 is 5.32 Å². The second kappa shape index (κ2) is 5.89. The summed E-state index contributed by atoms with van der Waals surface area (Å²) >= 11 is 7.76. The monoisotopic (exact) mass is 285 g/mol. The molecule has 1 aliphatic carbocycles. The highest BCUT2D eigenvalue weighted by atomic mass is 35.5. The molecule has 1 aromatic heterocycles. The molecule has 0 amide bonds. The molecule has 1 saturated carbocycles. The number of halogens is 1. The number of aromatic nitrogens is 2. The SMILES string of the molecule is CSC1(CNc2ncnc(Cl)c2C=O)CCCC1. The molecule has 1 fully saturated rings. The molecule has 0 aliphatic heterocycles. The van der Waals surface area contributed by atoms with Gasteiger partial charge in [-0.25, -0.2) is 9.97 Å². The third-order valence-electron chi connectivity index (χ3n) is 3.48. The second-order valence-electron chi connectivity index (χ2n) is 4.49. The van der Waals surface area contributed by atoms with E-state index in [4.69, 9.17) is 11.6 Å². The molecule has 1 aromatic rings. The van der Waals surface area contributed by atoms with E-state index in [1.807, 2.05) is 11.8 Å². The van der Waals surface area contributed by atoms with Gasteiger partial charge in [0, 0.05) is 11.3 Å². The number of nitrogens with zero attached hydrogens (tertiary/aromatic N) is 2. The molecule has 98 valence electrons. The molecule has 1 aliphatic rings. The van der Waals surface area contributed by atoms with Gasteiger partial charge in [-0.3, -0.25) is 4.79 Å². The standard InChI is InChI=1S/C12H16ClN3OS/c1-18-12(4-2-3-5-12)7-14-11-9(6-17)10(13)15-8-16-11/h6,8H,2-5,7H2,1H3,(H,14,15,16). The lowest BCUT2D eigenvalue weighted by molar-refractivity contribution is 0.112. The molecule has 0 radical (unpaired) electrons. The molecule has 4 nitrogen and oxygen atoms in total. The van der Waals surface area contributed by atoms with Crippen molar-refractivity contribution in [1.29, 1.82) is 0 Å². The fourth-order valence-electron chi connectivity index (χ4n) is 2.34. The third-order valence-corrected chi connectivity index (χ3v) is 5.20. The second-order valence-corrected chi connectivity index (χ2v) is 6.12. The Bertz CT molecular complexity index is 435. The van der Waals surface area contributed by atoms with Crippen molar-refractivity contribution in [2.45, 2.75) is 30.4 Å². The van der Waals surface area contributed by atoms with Crippen molar-refractivity contribution < 1.29 is 4.79 Å². The van der Waals surface area contributed by atoms with Crippen molar-refractivity contribution in [3.8, 4) is 0 Å². The maximum atomic E-state index is 11.0. The van der Waals surface area contributed by atoms with Crippen LogP contribution in [0, 0.1) is 0 Å². The van der Waals surface area contributed by atoms with E-state index in [1.54, 1.807) is 0 Å². The minimum atomic E-state index is 0.201. The van der Waals surface area contributed by atoms with Gasteiger partial charge in [0.25, 0.3) is 0 Å². The Morgan fingerprint density at radius 3 is 2.83 bits per heavy atom. The van der Waals surface area contributed by atoms with Crippen LogP contribution in [0.3, 0.4) is 0 Å². The van der Waals surface area contributed by atoms with Crippen molar-refractivity contribution in [3.63, 3.8) is 0 Å². The summed E-state index contributed by atoms with van der Waals surface area (Å²) in [4.78, 5) is 18.9. The van der Waals surface area contributed by atoms with Crippen LogP contribution in [0.1, 0.15) is 36.0 Å². The van der Waals surface area contributed by atoms with E-state index in [1.165, 1.54) is 32.0 Å². The number of rotatable bonds is 5. The van der Waals surface area contributed by atoms with Crippen molar-refractivity contribution >= 4 is 35.5 Å². The van der Waals surface area contributed by atoms with E-state index in [2.05, 4.69) is 21.5 Å². The van der Waals surface area contributed by atoms with Gasteiger partial charge in [0.15, 0.2) is 6.29 Å². The van der Waals surface area contributed by atoms with Crippen LogP contribution in [0.4, 0.5) is 5.82 Å². The zero-order valence-electron chi connectivity index (χ0n) is 10.3. The summed E-state index contributed by atoms with van der Waals surface area (Å²) < 4.78 is 0.261. The number of carbonyl (C=O) groups is 1. The zero-order chi connectivity index (χ0) is 13.0. The molecular weight excluding hydrogens is 270 g/mol. The molecule has 2 rings (SSSR count). The van der Waals surface area contributed by atoms with Crippen LogP contribution in [-0.4, -0.2) is 33.8 Å². The van der Waals surface area contributed by atoms with Gasteiger partial charge in [0.2, 0.25) is 0 Å². The van der Waals surface area contributed by atoms with Crippen LogP contribution in [0.5, 0.6) is 0 Å². The highest BCUT2D eigenvalue weighted by Crippen LogP contribution is 2.40. The Balaban J connectivity index is 2.10. The van der Waals surface area contributed by atoms with E-state index in [0.717, 1.165) is 6.54 Å². The average molecular weight is 286 g/mol. The number of hydrogen-bond acceptors (Lipinski definition) is 5. The minimum absolute atomic E-state index is 0.201. The Morgan fingerprint density at radius 2 is 2.22 bits per heavy atom. The largest absolute Gasteiger partial charge is 0.368 e. The summed E-state index contributed by atoms with van der Waals surface area (Å²) in [6, 6.07) is 0. The number of carbonyl (C=O) groups excluding carboxylic acids is 1. The lowest BCUT2D eigenvalue weighted by atomic mass is 10.1. The summed E-state index contributed by atoms with van der Waals surface area (Å²) in [5.74, 6) is 0.533. The summed E-state index contributed by atoms with van der Waals surface area (Å²) in [6.07, 6.45) is 9.16. The Kier molecular flexibility index (Phi) is 4.45. The normalized spacial score (nSPS) is 17.7. The number of anilines is 1. The first-order valence-electron chi connectivity index (χ1n) is 5.95. The first-order chi connectivity index (χ1) is 8.71. The van der Waals surface area contributed by atoms with Crippen molar-refractivity contribution in [1.82, 2.24) is 9.97 Å². The molecule has 1 N–H and O–H groups in total. The average Bonchev–Trinajstić information content (AvgIpc) is 2.86. The zero-order valence-corrected chi connectivity index (χ0v) is 11.9. The molecule has 0 atom stereocenters. The van der Waals surface area contributed by atoms with Crippen LogP contribution >= 0.6 is 23.4 Å². The molecule has 1 heterocycles. The van der Waals surface area contributed by atoms with Crippen molar-refractivity contribution in [2.24, 2.45) is 0 Å². The van der Waals surface area contributed by atoms with E-state index in [-0.39, 0.29) is 9.90 Å². The molecule has 6 heteroatoms. The Morgan fingerprint density at radius 1 is 1.50 bits per heavy atom. The number of aldehydes is 1. The van der Waals surface area contributed by atoms with Crippen LogP contribution in [-0.2, 0) is 0 Å². The first-order valence-corrected chi connectivity index (χ1v) is 7.56. The van der Waals surface area contributed by atoms with Gasteiger partial charge in [-0.15, -0.1) is 0 Å². The molecule has 0 spiro atoms. The predicted molar refractivity (Wildman–Crippen MR) is 75.6 cm³/mol. The van der Waals surface area contributed by atoms with E-state index >= 15 is 0 Å². The van der Waals surface area contributed by atoms with Gasteiger partial charge in [0.1, 0.15) is 17.3 Å². The maximum Gasteiger partial charge on any atom is 0.156 e. The van der Waals surface area contributed by atoms with E-state index in [0.29, 0.717) is 17.7 Å². The van der Waals surface area contributed by atoms with Gasteiger partial charge >= 0.3 is 0 Å². The molecule has 0 aromatic carbocycles. The van der Waals surface area contributed by atoms with Crippen molar-refractivity contribution in [3.05, 3.63) is 17.0 Å². The molecular formula is C12H16ClN3OS. The Hall–Kier alpha value is -0.810. The van der Waals surface area contributed by atoms with Gasteiger partial charge in [-0.1, -0.05) is 24.4 Å². The quantitative estimate of drug-likeness (QED) is 0.666. The smallest absolute Gasteiger partial charge is 0.156 e. The van der Waals surface area contributed by atoms with Crippen LogP contribution in [0.25, 0.3) is 0 Å².